The van der Waals surface area contributed by atoms with E-state index in [1.807, 2.05) is 18.7 Å². The highest BCUT2D eigenvalue weighted by Gasteiger charge is 2.24. The van der Waals surface area contributed by atoms with Crippen LogP contribution in [-0.4, -0.2) is 34.1 Å². The van der Waals surface area contributed by atoms with Gasteiger partial charge in [-0.15, -0.1) is 0 Å². The molecule has 0 N–H and O–H groups in total. The second-order valence-corrected chi connectivity index (χ2v) is 5.11. The Balaban J connectivity index is 1.80. The maximum atomic E-state index is 4.07. The van der Waals surface area contributed by atoms with E-state index in [1.165, 1.54) is 25.7 Å². The summed E-state index contributed by atoms with van der Waals surface area (Å²) in [6.07, 6.45) is 11.4. The molecule has 1 saturated carbocycles. The van der Waals surface area contributed by atoms with E-state index >= 15 is 0 Å². The molecule has 16 heavy (non-hydrogen) atoms. The Hall–Kier alpha value is -0.830. The molecule has 1 heterocycles. The van der Waals surface area contributed by atoms with E-state index in [9.17, 15) is 0 Å². The highest BCUT2D eigenvalue weighted by Crippen LogP contribution is 2.27. The lowest BCUT2D eigenvalue weighted by Crippen LogP contribution is -2.40. The number of rotatable bonds is 4. The topological polar surface area (TPSA) is 21.1 Å². The molecule has 3 nitrogen and oxygen atoms in total. The van der Waals surface area contributed by atoms with Crippen LogP contribution in [0.2, 0.25) is 0 Å². The average molecular weight is 221 g/mol. The summed E-state index contributed by atoms with van der Waals surface area (Å²) < 4.78 is 2.16. The van der Waals surface area contributed by atoms with Crippen LogP contribution in [-0.2, 0) is 6.54 Å². The summed E-state index contributed by atoms with van der Waals surface area (Å²) >= 11 is 0. The van der Waals surface area contributed by atoms with Crippen LogP contribution in [0, 0.1) is 5.92 Å². The Kier molecular flexibility index (Phi) is 3.99. The van der Waals surface area contributed by atoms with Crippen LogP contribution in [0.4, 0.5) is 0 Å². The number of hydrogen-bond acceptors (Lipinski definition) is 2. The van der Waals surface area contributed by atoms with Crippen LogP contribution >= 0.6 is 0 Å². The minimum atomic E-state index is 0.789. The predicted octanol–water partition coefficient (Wildman–Crippen LogP) is 2.39. The van der Waals surface area contributed by atoms with Crippen LogP contribution in [0.15, 0.2) is 18.7 Å². The Morgan fingerprint density at radius 2 is 2.19 bits per heavy atom. The zero-order valence-electron chi connectivity index (χ0n) is 10.5. The van der Waals surface area contributed by atoms with Crippen molar-refractivity contribution < 1.29 is 0 Å². The smallest absolute Gasteiger partial charge is 0.0946 e. The van der Waals surface area contributed by atoms with Crippen molar-refractivity contribution in [3.63, 3.8) is 0 Å². The largest absolute Gasteiger partial charge is 0.336 e. The van der Waals surface area contributed by atoms with Crippen LogP contribution < -0.4 is 0 Å². The summed E-state index contributed by atoms with van der Waals surface area (Å²) in [7, 11) is 2.27. The lowest BCUT2D eigenvalue weighted by Gasteiger charge is -2.36. The molecule has 0 aromatic carbocycles. The van der Waals surface area contributed by atoms with Crippen LogP contribution in [0.25, 0.3) is 0 Å². The lowest BCUT2D eigenvalue weighted by atomic mass is 9.85. The van der Waals surface area contributed by atoms with Gasteiger partial charge in [0.1, 0.15) is 0 Å². The first kappa shape index (κ1) is 11.6. The second kappa shape index (κ2) is 5.48. The second-order valence-electron chi connectivity index (χ2n) is 5.11. The molecule has 0 aliphatic heterocycles. The Bertz CT molecular complexity index is 294. The standard InChI is InChI=1S/C13H23N3/c1-12-5-3-4-6-13(12)15(2)9-10-16-8-7-14-11-16/h7-8,11-13H,3-6,9-10H2,1-2H3/t12-,13-/m1/s1. The quantitative estimate of drug-likeness (QED) is 0.778. The molecule has 1 aliphatic rings. The summed E-state index contributed by atoms with van der Waals surface area (Å²) in [5.74, 6) is 0.863. The SMILES string of the molecule is C[C@@H]1CCCC[C@H]1N(C)CCn1ccnc1. The molecule has 90 valence electrons. The van der Waals surface area contributed by atoms with Crippen molar-refractivity contribution in [1.29, 1.82) is 0 Å². The molecule has 0 radical (unpaired) electrons. The Morgan fingerprint density at radius 1 is 1.38 bits per heavy atom. The minimum Gasteiger partial charge on any atom is -0.336 e. The fraction of sp³-hybridized carbons (Fsp3) is 0.769. The van der Waals surface area contributed by atoms with Gasteiger partial charge in [-0.1, -0.05) is 19.8 Å². The summed E-state index contributed by atoms with van der Waals surface area (Å²) in [5, 5.41) is 0. The molecule has 1 aromatic heterocycles. The van der Waals surface area contributed by atoms with Gasteiger partial charge in [0.2, 0.25) is 0 Å². The van der Waals surface area contributed by atoms with E-state index < -0.39 is 0 Å². The van der Waals surface area contributed by atoms with E-state index in [0.717, 1.165) is 25.0 Å². The minimum absolute atomic E-state index is 0.789. The molecule has 0 saturated heterocycles. The Morgan fingerprint density at radius 3 is 2.88 bits per heavy atom. The normalized spacial score (nSPS) is 26.2. The summed E-state index contributed by atoms with van der Waals surface area (Å²) in [5.41, 5.74) is 0. The van der Waals surface area contributed by atoms with Crippen LogP contribution in [0.5, 0.6) is 0 Å². The summed E-state index contributed by atoms with van der Waals surface area (Å²) in [4.78, 5) is 6.60. The van der Waals surface area contributed by atoms with Crippen LogP contribution in [0.3, 0.4) is 0 Å². The monoisotopic (exact) mass is 221 g/mol. The van der Waals surface area contributed by atoms with E-state index in [1.54, 1.807) is 0 Å². The molecule has 1 aromatic rings. The highest BCUT2D eigenvalue weighted by atomic mass is 15.2. The van der Waals surface area contributed by atoms with Gasteiger partial charge in [-0.05, 0) is 25.8 Å². The van der Waals surface area contributed by atoms with Gasteiger partial charge in [-0.25, -0.2) is 4.98 Å². The van der Waals surface area contributed by atoms with Crippen LogP contribution in [0.1, 0.15) is 32.6 Å². The first-order valence-electron chi connectivity index (χ1n) is 6.43. The number of nitrogens with zero attached hydrogens (tertiary/aromatic N) is 3. The average Bonchev–Trinajstić information content (AvgIpc) is 2.79. The van der Waals surface area contributed by atoms with Gasteiger partial charge in [-0.3, -0.25) is 0 Å². The molecule has 3 heteroatoms. The number of likely N-dealkylation sites (N-methyl/N-ethyl adjacent to an activating group) is 1. The number of aromatic nitrogens is 2. The van der Waals surface area contributed by atoms with E-state index in [4.69, 9.17) is 0 Å². The molecule has 1 aliphatic carbocycles. The van der Waals surface area contributed by atoms with Crippen molar-refractivity contribution in [2.45, 2.75) is 45.2 Å². The predicted molar refractivity (Wildman–Crippen MR) is 66.3 cm³/mol. The fourth-order valence-electron chi connectivity index (χ4n) is 2.81. The van der Waals surface area contributed by atoms with Crippen molar-refractivity contribution in [1.82, 2.24) is 14.5 Å². The van der Waals surface area contributed by atoms with Crippen molar-refractivity contribution in [2.24, 2.45) is 5.92 Å². The third kappa shape index (κ3) is 2.85. The van der Waals surface area contributed by atoms with Crippen molar-refractivity contribution in [2.75, 3.05) is 13.6 Å². The van der Waals surface area contributed by atoms with Gasteiger partial charge in [0, 0.05) is 31.5 Å². The molecule has 2 rings (SSSR count). The first-order valence-corrected chi connectivity index (χ1v) is 6.43. The van der Waals surface area contributed by atoms with Gasteiger partial charge in [-0.2, -0.15) is 0 Å². The van der Waals surface area contributed by atoms with Gasteiger partial charge >= 0.3 is 0 Å². The van der Waals surface area contributed by atoms with Crippen molar-refractivity contribution in [3.8, 4) is 0 Å². The zero-order valence-corrected chi connectivity index (χ0v) is 10.5. The molecular weight excluding hydrogens is 198 g/mol. The maximum Gasteiger partial charge on any atom is 0.0946 e. The van der Waals surface area contributed by atoms with Gasteiger partial charge in [0.25, 0.3) is 0 Å². The molecule has 0 spiro atoms. The van der Waals surface area contributed by atoms with Gasteiger partial charge in [0.05, 0.1) is 6.33 Å². The third-order valence-electron chi connectivity index (χ3n) is 3.90. The lowest BCUT2D eigenvalue weighted by molar-refractivity contribution is 0.135. The summed E-state index contributed by atoms with van der Waals surface area (Å²) in [6.45, 7) is 4.59. The Labute approximate surface area is 98.5 Å². The van der Waals surface area contributed by atoms with Gasteiger partial charge < -0.3 is 9.47 Å². The highest BCUT2D eigenvalue weighted by molar-refractivity contribution is 4.80. The van der Waals surface area contributed by atoms with Gasteiger partial charge in [0.15, 0.2) is 0 Å². The molecular formula is C13H23N3. The van der Waals surface area contributed by atoms with E-state index in [0.29, 0.717) is 0 Å². The molecule has 2 atom stereocenters. The molecule has 0 amide bonds. The van der Waals surface area contributed by atoms with E-state index in [2.05, 4.69) is 28.4 Å². The molecule has 0 unspecified atom stereocenters. The van der Waals surface area contributed by atoms with Crippen molar-refractivity contribution >= 4 is 0 Å². The fourth-order valence-corrected chi connectivity index (χ4v) is 2.81. The third-order valence-corrected chi connectivity index (χ3v) is 3.90. The number of hydrogen-bond donors (Lipinski definition) is 0. The number of imidazole rings is 1. The first-order chi connectivity index (χ1) is 7.77. The maximum absolute atomic E-state index is 4.07. The summed E-state index contributed by atoms with van der Waals surface area (Å²) in [6, 6.07) is 0.789. The van der Waals surface area contributed by atoms with Crippen molar-refractivity contribution in [3.05, 3.63) is 18.7 Å². The molecule has 1 fully saturated rings. The van der Waals surface area contributed by atoms with E-state index in [-0.39, 0.29) is 0 Å². The molecule has 0 bridgehead atoms. The zero-order chi connectivity index (χ0) is 11.4.